The molecule has 3 aromatic rings. The Kier molecular flexibility index (Phi) is 5.87. The van der Waals surface area contributed by atoms with Gasteiger partial charge in [-0.05, 0) is 72.4 Å². The zero-order valence-corrected chi connectivity index (χ0v) is 18.8. The SMILES string of the molecule is CCCCOc1ccc2[nH]c3c(c2c1)CC(C1CC(c2ccccc2)=CCN1)CC3C. The fraction of sp³-hybridized carbons (Fsp3) is 0.429. The van der Waals surface area contributed by atoms with Crippen LogP contribution in [0.25, 0.3) is 16.5 Å². The number of aromatic nitrogens is 1. The van der Waals surface area contributed by atoms with E-state index >= 15 is 0 Å². The molecule has 2 aromatic carbocycles. The standard InChI is InChI=1S/C28H34N2O/c1-3-4-14-31-23-10-11-26-24(18-23)25-16-22(15-19(2)28(25)30-26)27-17-21(12-13-29-27)20-8-6-5-7-9-20/h5-12,18-19,22,27,29-30H,3-4,13-17H2,1-2H3. The molecule has 2 N–H and O–H groups in total. The van der Waals surface area contributed by atoms with Gasteiger partial charge < -0.3 is 15.0 Å². The lowest BCUT2D eigenvalue weighted by atomic mass is 9.74. The summed E-state index contributed by atoms with van der Waals surface area (Å²) < 4.78 is 6.01. The molecular formula is C28H34N2O. The molecule has 0 saturated carbocycles. The molecule has 2 aliphatic rings. The molecule has 1 aliphatic heterocycles. The molecular weight excluding hydrogens is 380 g/mol. The van der Waals surface area contributed by atoms with Gasteiger partial charge >= 0.3 is 0 Å². The topological polar surface area (TPSA) is 37.0 Å². The molecule has 5 rings (SSSR count). The summed E-state index contributed by atoms with van der Waals surface area (Å²) in [5.74, 6) is 2.21. The Morgan fingerprint density at radius 2 is 1.94 bits per heavy atom. The van der Waals surface area contributed by atoms with Crippen molar-refractivity contribution in [1.29, 1.82) is 0 Å². The van der Waals surface area contributed by atoms with Crippen molar-refractivity contribution >= 4 is 16.5 Å². The van der Waals surface area contributed by atoms with Crippen molar-refractivity contribution in [3.05, 3.63) is 71.4 Å². The van der Waals surface area contributed by atoms with Crippen LogP contribution < -0.4 is 10.1 Å². The second-order valence-corrected chi connectivity index (χ2v) is 9.34. The summed E-state index contributed by atoms with van der Waals surface area (Å²) in [6, 6.07) is 18.0. The molecule has 3 atom stereocenters. The van der Waals surface area contributed by atoms with Gasteiger partial charge in [0.1, 0.15) is 5.75 Å². The molecule has 1 aliphatic carbocycles. The minimum Gasteiger partial charge on any atom is -0.494 e. The molecule has 162 valence electrons. The molecule has 0 spiro atoms. The fourth-order valence-electron chi connectivity index (χ4n) is 5.48. The van der Waals surface area contributed by atoms with E-state index in [0.717, 1.165) is 44.6 Å². The molecule has 2 heterocycles. The molecule has 3 nitrogen and oxygen atoms in total. The predicted octanol–water partition coefficient (Wildman–Crippen LogP) is 6.46. The Balaban J connectivity index is 1.38. The highest BCUT2D eigenvalue weighted by Gasteiger charge is 2.33. The minimum atomic E-state index is 0.532. The first-order valence-electron chi connectivity index (χ1n) is 12.0. The van der Waals surface area contributed by atoms with Gasteiger partial charge in [-0.15, -0.1) is 0 Å². The van der Waals surface area contributed by atoms with Crippen molar-refractivity contribution < 1.29 is 4.74 Å². The summed E-state index contributed by atoms with van der Waals surface area (Å²) in [5, 5.41) is 5.17. The van der Waals surface area contributed by atoms with Gasteiger partial charge in [-0.2, -0.15) is 0 Å². The smallest absolute Gasteiger partial charge is 0.120 e. The summed E-state index contributed by atoms with van der Waals surface area (Å²) in [6.45, 7) is 6.36. The van der Waals surface area contributed by atoms with E-state index in [9.17, 15) is 0 Å². The van der Waals surface area contributed by atoms with E-state index in [-0.39, 0.29) is 0 Å². The lowest BCUT2D eigenvalue weighted by molar-refractivity contribution is 0.305. The van der Waals surface area contributed by atoms with Crippen molar-refractivity contribution in [2.24, 2.45) is 5.92 Å². The number of H-pyrrole nitrogens is 1. The van der Waals surface area contributed by atoms with Crippen molar-refractivity contribution in [2.45, 2.75) is 57.9 Å². The summed E-state index contributed by atoms with van der Waals surface area (Å²) >= 11 is 0. The number of nitrogens with one attached hydrogen (secondary N) is 2. The van der Waals surface area contributed by atoms with E-state index in [1.807, 2.05) is 0 Å². The molecule has 0 radical (unpaired) electrons. The Morgan fingerprint density at radius 3 is 2.77 bits per heavy atom. The van der Waals surface area contributed by atoms with Gasteiger partial charge in [-0.3, -0.25) is 0 Å². The van der Waals surface area contributed by atoms with Crippen LogP contribution in [-0.2, 0) is 6.42 Å². The fourth-order valence-corrected chi connectivity index (χ4v) is 5.48. The van der Waals surface area contributed by atoms with E-state index in [1.165, 1.54) is 39.7 Å². The Bertz CT molecular complexity index is 1070. The molecule has 31 heavy (non-hydrogen) atoms. The zero-order chi connectivity index (χ0) is 21.2. The lowest BCUT2D eigenvalue weighted by Gasteiger charge is -2.36. The quantitative estimate of drug-likeness (QED) is 0.454. The first kappa shape index (κ1) is 20.4. The molecule has 1 aromatic heterocycles. The largest absolute Gasteiger partial charge is 0.494 e. The first-order chi connectivity index (χ1) is 15.2. The number of unbranched alkanes of at least 4 members (excludes halogenated alkanes) is 1. The highest BCUT2D eigenvalue weighted by atomic mass is 16.5. The Labute approximate surface area is 185 Å². The second kappa shape index (κ2) is 8.92. The molecule has 0 fully saturated rings. The van der Waals surface area contributed by atoms with E-state index in [0.29, 0.717) is 17.9 Å². The van der Waals surface area contributed by atoms with Crippen LogP contribution in [0.15, 0.2) is 54.6 Å². The van der Waals surface area contributed by atoms with Crippen molar-refractivity contribution in [3.8, 4) is 5.75 Å². The maximum atomic E-state index is 6.01. The third-order valence-corrected chi connectivity index (χ3v) is 7.17. The number of fused-ring (bicyclic) bond motifs is 3. The highest BCUT2D eigenvalue weighted by molar-refractivity contribution is 5.86. The van der Waals surface area contributed by atoms with Crippen molar-refractivity contribution in [1.82, 2.24) is 10.3 Å². The van der Waals surface area contributed by atoms with Crippen LogP contribution in [0.2, 0.25) is 0 Å². The predicted molar refractivity (Wildman–Crippen MR) is 130 cm³/mol. The average molecular weight is 415 g/mol. The van der Waals surface area contributed by atoms with Crippen LogP contribution in [0.1, 0.15) is 62.3 Å². The highest BCUT2D eigenvalue weighted by Crippen LogP contribution is 2.42. The maximum Gasteiger partial charge on any atom is 0.120 e. The number of hydrogen-bond donors (Lipinski definition) is 2. The van der Waals surface area contributed by atoms with Gasteiger partial charge in [0.25, 0.3) is 0 Å². The van der Waals surface area contributed by atoms with E-state index in [4.69, 9.17) is 4.74 Å². The van der Waals surface area contributed by atoms with Gasteiger partial charge in [0, 0.05) is 29.2 Å². The van der Waals surface area contributed by atoms with Crippen LogP contribution in [0, 0.1) is 5.92 Å². The van der Waals surface area contributed by atoms with E-state index < -0.39 is 0 Å². The van der Waals surface area contributed by atoms with Crippen LogP contribution in [0.4, 0.5) is 0 Å². The van der Waals surface area contributed by atoms with Gasteiger partial charge in [0.05, 0.1) is 6.61 Å². The monoisotopic (exact) mass is 414 g/mol. The summed E-state index contributed by atoms with van der Waals surface area (Å²) in [6.07, 6.45) is 8.12. The maximum absolute atomic E-state index is 6.01. The number of hydrogen-bond acceptors (Lipinski definition) is 2. The van der Waals surface area contributed by atoms with Crippen LogP contribution in [0.3, 0.4) is 0 Å². The third kappa shape index (κ3) is 4.16. The van der Waals surface area contributed by atoms with Crippen molar-refractivity contribution in [3.63, 3.8) is 0 Å². The van der Waals surface area contributed by atoms with Gasteiger partial charge in [0.2, 0.25) is 0 Å². The third-order valence-electron chi connectivity index (χ3n) is 7.17. The number of ether oxygens (including phenoxy) is 1. The second-order valence-electron chi connectivity index (χ2n) is 9.34. The van der Waals surface area contributed by atoms with Crippen molar-refractivity contribution in [2.75, 3.05) is 13.2 Å². The minimum absolute atomic E-state index is 0.532. The number of rotatable bonds is 6. The van der Waals surface area contributed by atoms with Crippen LogP contribution in [0.5, 0.6) is 5.75 Å². The number of benzene rings is 2. The van der Waals surface area contributed by atoms with Gasteiger partial charge in [-0.1, -0.05) is 56.7 Å². The lowest BCUT2D eigenvalue weighted by Crippen LogP contribution is -2.41. The summed E-state index contributed by atoms with van der Waals surface area (Å²) in [4.78, 5) is 3.73. The Hall–Kier alpha value is -2.52. The summed E-state index contributed by atoms with van der Waals surface area (Å²) in [5.41, 5.74) is 7.07. The molecule has 0 amide bonds. The molecule has 3 heteroatoms. The summed E-state index contributed by atoms with van der Waals surface area (Å²) in [7, 11) is 0. The zero-order valence-electron chi connectivity index (χ0n) is 18.8. The van der Waals surface area contributed by atoms with Gasteiger partial charge in [-0.25, -0.2) is 0 Å². The molecule has 0 saturated heterocycles. The van der Waals surface area contributed by atoms with Crippen LogP contribution in [-0.4, -0.2) is 24.2 Å². The molecule has 0 bridgehead atoms. The normalized spacial score (nSPS) is 23.4. The van der Waals surface area contributed by atoms with Crippen LogP contribution >= 0.6 is 0 Å². The first-order valence-corrected chi connectivity index (χ1v) is 12.0. The van der Waals surface area contributed by atoms with E-state index in [1.54, 1.807) is 0 Å². The molecule has 3 unspecified atom stereocenters. The average Bonchev–Trinajstić information content (AvgIpc) is 3.19. The Morgan fingerprint density at radius 1 is 1.06 bits per heavy atom. The van der Waals surface area contributed by atoms with E-state index in [2.05, 4.69) is 78.8 Å². The number of aromatic amines is 1. The van der Waals surface area contributed by atoms with Gasteiger partial charge in [0.15, 0.2) is 0 Å².